The van der Waals surface area contributed by atoms with Crippen LogP contribution < -0.4 is 0 Å². The molecule has 2 aromatic heterocycles. The van der Waals surface area contributed by atoms with Crippen molar-refractivity contribution >= 4 is 58.3 Å². The first kappa shape index (κ1) is 52.0. The van der Waals surface area contributed by atoms with E-state index in [1.807, 2.05) is 48.9 Å². The van der Waals surface area contributed by atoms with Crippen LogP contribution >= 0.6 is 22.7 Å². The molecule has 12 heteroatoms. The lowest BCUT2D eigenvalue weighted by Gasteiger charge is -2.16. The molecular weight excluding hydrogens is 741 g/mol. The maximum atomic E-state index is 12.5. The highest BCUT2D eigenvalue weighted by atomic mass is 32.1. The molecule has 4 atom stereocenters. The van der Waals surface area contributed by atoms with E-state index in [9.17, 15) is 29.4 Å². The summed E-state index contributed by atoms with van der Waals surface area (Å²) in [5, 5.41) is 23.8. The summed E-state index contributed by atoms with van der Waals surface area (Å²) in [4.78, 5) is 48.6. The van der Waals surface area contributed by atoms with Crippen LogP contribution in [0.3, 0.4) is 0 Å². The second kappa shape index (κ2) is 28.4. The molecule has 0 aromatic carbocycles. The monoisotopic (exact) mass is 808 g/mol. The van der Waals surface area contributed by atoms with Gasteiger partial charge in [0.25, 0.3) is 0 Å². The first-order valence-electron chi connectivity index (χ1n) is 18.8. The van der Waals surface area contributed by atoms with Crippen molar-refractivity contribution in [2.75, 3.05) is 14.2 Å². The van der Waals surface area contributed by atoms with E-state index in [1.54, 1.807) is 6.08 Å². The zero-order valence-electron chi connectivity index (χ0n) is 32.3. The molecule has 1 saturated heterocycles. The molecule has 2 aromatic rings. The van der Waals surface area contributed by atoms with Crippen LogP contribution in [0.5, 0.6) is 0 Å². The Labute approximate surface area is 338 Å². The predicted molar refractivity (Wildman–Crippen MR) is 225 cm³/mol. The lowest BCUT2D eigenvalue weighted by Crippen LogP contribution is -2.23. The molecule has 1 aliphatic heterocycles. The molecule has 2 N–H and O–H groups in total. The average Bonchev–Trinajstić information content (AvgIpc) is 3.88. The van der Waals surface area contributed by atoms with Crippen molar-refractivity contribution in [1.29, 1.82) is 0 Å². The normalized spacial score (nSPS) is 17.1. The molecule has 0 unspecified atom stereocenters. The van der Waals surface area contributed by atoms with Crippen molar-refractivity contribution in [3.05, 3.63) is 55.9 Å². The van der Waals surface area contributed by atoms with Crippen molar-refractivity contribution in [3.63, 3.8) is 0 Å². The molecule has 0 aliphatic carbocycles. The third-order valence-corrected chi connectivity index (χ3v) is 10.6. The summed E-state index contributed by atoms with van der Waals surface area (Å²) in [5.41, 5.74) is 1.71. The van der Waals surface area contributed by atoms with E-state index in [-0.39, 0.29) is 57.0 Å². The van der Waals surface area contributed by atoms with Crippen molar-refractivity contribution in [3.8, 4) is 0 Å². The summed E-state index contributed by atoms with van der Waals surface area (Å²) < 4.78 is 21.2. The molecule has 0 saturated carbocycles. The van der Waals surface area contributed by atoms with Gasteiger partial charge in [-0.3, -0.25) is 19.2 Å². The number of ketones is 2. The fourth-order valence-electron chi connectivity index (χ4n) is 5.71. The summed E-state index contributed by atoms with van der Waals surface area (Å²) in [6.45, 7) is 8.01. The highest BCUT2D eigenvalue weighted by molar-refractivity contribution is 7.12. The Balaban J connectivity index is 0.00000103. The molecule has 1 fully saturated rings. The van der Waals surface area contributed by atoms with Gasteiger partial charge in [0.2, 0.25) is 0 Å². The number of ether oxygens (including phenoxy) is 4. The topological polar surface area (TPSA) is 146 Å². The standard InChI is InChI=1S/C22H32O5S.C19H28O5S.2CH4/c1-5-6-7-9-17(23)21-16(14-15-28-21)12-13-19-18(26-22(2,3)27-19)10-8-11-20(24)25-4;1-3-4-5-7-17(22)19-14(12-13-25-19)10-11-16(21)15(20)8-6-9-18(23)24-2;;/h12-15,18-19H,5-11H2,1-4H3;10-13,15-16,20-21H,3-9H2,1-2H3;2*1H4/b13-12+;11-10+;;/t18-,19+;15-,16+;;/m00../s1. The van der Waals surface area contributed by atoms with Gasteiger partial charge in [-0.05, 0) is 86.4 Å². The van der Waals surface area contributed by atoms with Gasteiger partial charge >= 0.3 is 11.9 Å². The maximum absolute atomic E-state index is 12.5. The van der Waals surface area contributed by atoms with Crippen molar-refractivity contribution in [2.24, 2.45) is 0 Å². The van der Waals surface area contributed by atoms with Gasteiger partial charge in [0.1, 0.15) is 6.10 Å². The van der Waals surface area contributed by atoms with Crippen molar-refractivity contribution < 1.29 is 48.3 Å². The molecule has 0 amide bonds. The van der Waals surface area contributed by atoms with Crippen LogP contribution in [-0.4, -0.2) is 78.1 Å². The van der Waals surface area contributed by atoms with Crippen molar-refractivity contribution in [2.45, 2.75) is 163 Å². The zero-order valence-corrected chi connectivity index (χ0v) is 33.9. The smallest absolute Gasteiger partial charge is 0.305 e. The average molecular weight is 809 g/mol. The number of Topliss-reactive ketones (excluding diaryl/α,β-unsaturated/α-hetero) is 2. The molecule has 3 heterocycles. The van der Waals surface area contributed by atoms with E-state index in [2.05, 4.69) is 18.6 Å². The van der Waals surface area contributed by atoms with Gasteiger partial charge in [-0.15, -0.1) is 22.7 Å². The number of thiophene rings is 2. The van der Waals surface area contributed by atoms with Crippen LogP contribution in [0.15, 0.2) is 35.0 Å². The predicted octanol–water partition coefficient (Wildman–Crippen LogP) is 10.2. The Morgan fingerprint density at radius 2 is 1.27 bits per heavy atom. The number of carbonyl (C=O) groups is 4. The minimum Gasteiger partial charge on any atom is -0.469 e. The molecule has 0 spiro atoms. The Kier molecular flexibility index (Phi) is 26.9. The quantitative estimate of drug-likeness (QED) is 0.0632. The fraction of sp³-hybridized carbons (Fsp3) is 0.628. The molecule has 0 radical (unpaired) electrons. The maximum Gasteiger partial charge on any atom is 0.305 e. The Morgan fingerprint density at radius 3 is 1.78 bits per heavy atom. The van der Waals surface area contributed by atoms with Gasteiger partial charge in [-0.25, -0.2) is 0 Å². The van der Waals surface area contributed by atoms with Gasteiger partial charge in [0, 0.05) is 25.7 Å². The number of aliphatic hydroxyl groups excluding tert-OH is 2. The van der Waals surface area contributed by atoms with E-state index in [0.717, 1.165) is 54.5 Å². The van der Waals surface area contributed by atoms with Crippen LogP contribution in [0.25, 0.3) is 12.2 Å². The number of rotatable bonds is 23. The van der Waals surface area contributed by atoms with Gasteiger partial charge in [-0.2, -0.15) is 0 Å². The van der Waals surface area contributed by atoms with Crippen LogP contribution in [-0.2, 0) is 28.5 Å². The SMILES string of the molecule is C.C.CCCCCC(=O)c1sccc1/C=C/[C@@H](O)[C@@H](O)CCCC(=O)OC.CCCCCC(=O)c1sccc1/C=C/[C@H]1OC(C)(C)O[C@H]1CCCC(=O)OC. The molecule has 10 nitrogen and oxygen atoms in total. The first-order valence-corrected chi connectivity index (χ1v) is 20.5. The second-order valence-electron chi connectivity index (χ2n) is 13.5. The zero-order chi connectivity index (χ0) is 39.2. The molecule has 312 valence electrons. The molecule has 3 rings (SSSR count). The number of hydrogen-bond donors (Lipinski definition) is 2. The molecule has 0 bridgehead atoms. The number of aliphatic hydroxyl groups is 2. The lowest BCUT2D eigenvalue weighted by atomic mass is 10.0. The summed E-state index contributed by atoms with van der Waals surface area (Å²) >= 11 is 2.89. The van der Waals surface area contributed by atoms with Crippen LogP contribution in [0, 0.1) is 0 Å². The minimum absolute atomic E-state index is 0. The number of carbonyl (C=O) groups excluding carboxylic acids is 4. The lowest BCUT2D eigenvalue weighted by molar-refractivity contribution is -0.144. The summed E-state index contributed by atoms with van der Waals surface area (Å²) in [7, 11) is 2.71. The van der Waals surface area contributed by atoms with E-state index in [0.29, 0.717) is 49.8 Å². The van der Waals surface area contributed by atoms with E-state index in [1.165, 1.54) is 43.0 Å². The highest BCUT2D eigenvalue weighted by Crippen LogP contribution is 2.33. The van der Waals surface area contributed by atoms with Gasteiger partial charge in [0.05, 0.1) is 42.3 Å². The van der Waals surface area contributed by atoms with Crippen LogP contribution in [0.2, 0.25) is 0 Å². The van der Waals surface area contributed by atoms with E-state index in [4.69, 9.17) is 14.2 Å². The van der Waals surface area contributed by atoms with Gasteiger partial charge in [-0.1, -0.05) is 78.7 Å². The Morgan fingerprint density at radius 1 is 0.764 bits per heavy atom. The Bertz CT molecular complexity index is 1460. The van der Waals surface area contributed by atoms with E-state index >= 15 is 0 Å². The van der Waals surface area contributed by atoms with Gasteiger partial charge < -0.3 is 29.2 Å². The molecular formula is C43H68O10S2. The first-order chi connectivity index (χ1) is 25.3. The third kappa shape index (κ3) is 19.6. The Hall–Kier alpha value is -3.00. The summed E-state index contributed by atoms with van der Waals surface area (Å²) in [6, 6.07) is 3.81. The summed E-state index contributed by atoms with van der Waals surface area (Å²) in [6.07, 6.45) is 14.8. The fourth-order valence-corrected chi connectivity index (χ4v) is 7.42. The minimum atomic E-state index is -1.04. The van der Waals surface area contributed by atoms with Gasteiger partial charge in [0.15, 0.2) is 17.4 Å². The second-order valence-corrected chi connectivity index (χ2v) is 15.4. The number of methoxy groups -OCH3 is 2. The largest absolute Gasteiger partial charge is 0.469 e. The number of unbranched alkanes of at least 4 members (excludes halogenated alkanes) is 4. The molecule has 55 heavy (non-hydrogen) atoms. The number of hydrogen-bond acceptors (Lipinski definition) is 12. The van der Waals surface area contributed by atoms with Crippen LogP contribution in [0.4, 0.5) is 0 Å². The van der Waals surface area contributed by atoms with E-state index < -0.39 is 18.0 Å². The van der Waals surface area contributed by atoms with Crippen LogP contribution in [0.1, 0.15) is 163 Å². The summed E-state index contributed by atoms with van der Waals surface area (Å²) in [5.74, 6) is -0.882. The van der Waals surface area contributed by atoms with Crippen molar-refractivity contribution in [1.82, 2.24) is 0 Å². The number of esters is 2. The third-order valence-electron chi connectivity index (χ3n) is 8.67. The highest BCUT2D eigenvalue weighted by Gasteiger charge is 2.39. The molecule has 1 aliphatic rings.